The highest BCUT2D eigenvalue weighted by atomic mass is 32.1. The first kappa shape index (κ1) is 21.7. The molecule has 0 unspecified atom stereocenters. The van der Waals surface area contributed by atoms with Crippen LogP contribution in [0.2, 0.25) is 0 Å². The van der Waals surface area contributed by atoms with Crippen LogP contribution in [0.25, 0.3) is 10.9 Å². The van der Waals surface area contributed by atoms with Crippen molar-refractivity contribution in [2.45, 2.75) is 13.5 Å². The Hall–Kier alpha value is -3.52. The highest BCUT2D eigenvalue weighted by Crippen LogP contribution is 2.19. The summed E-state index contributed by atoms with van der Waals surface area (Å²) in [6.07, 6.45) is 1.62. The molecule has 1 fully saturated rings. The van der Waals surface area contributed by atoms with Gasteiger partial charge in [0, 0.05) is 49.5 Å². The van der Waals surface area contributed by atoms with Gasteiger partial charge in [-0.1, -0.05) is 6.08 Å². The molecule has 0 atom stereocenters. The van der Waals surface area contributed by atoms with Gasteiger partial charge in [-0.2, -0.15) is 0 Å². The van der Waals surface area contributed by atoms with Gasteiger partial charge in [-0.3, -0.25) is 19.0 Å². The van der Waals surface area contributed by atoms with Gasteiger partial charge < -0.3 is 14.8 Å². The maximum absolute atomic E-state index is 13.1. The monoisotopic (exact) mass is 448 g/mol. The first-order chi connectivity index (χ1) is 15.4. The van der Waals surface area contributed by atoms with E-state index in [0.29, 0.717) is 59.5 Å². The molecule has 0 aliphatic carbocycles. The summed E-state index contributed by atoms with van der Waals surface area (Å²) in [5.41, 5.74) is 2.59. The van der Waals surface area contributed by atoms with Crippen molar-refractivity contribution in [2.24, 2.45) is 0 Å². The van der Waals surface area contributed by atoms with Gasteiger partial charge in [-0.15, -0.1) is 6.58 Å². The van der Waals surface area contributed by atoms with E-state index in [4.69, 9.17) is 12.2 Å². The maximum Gasteiger partial charge on any atom is 0.262 e. The zero-order valence-corrected chi connectivity index (χ0v) is 18.7. The van der Waals surface area contributed by atoms with E-state index in [0.717, 1.165) is 5.69 Å². The number of aromatic nitrogens is 2. The van der Waals surface area contributed by atoms with Crippen LogP contribution < -0.4 is 10.5 Å². The van der Waals surface area contributed by atoms with E-state index in [1.807, 2.05) is 29.2 Å². The zero-order valence-electron chi connectivity index (χ0n) is 17.8. The van der Waals surface area contributed by atoms with Crippen molar-refractivity contribution in [3.05, 3.63) is 81.4 Å². The molecule has 2 heterocycles. The second-order valence-corrected chi connectivity index (χ2v) is 8.16. The van der Waals surface area contributed by atoms with Crippen LogP contribution in [0.1, 0.15) is 27.6 Å². The molecule has 3 aromatic rings. The van der Waals surface area contributed by atoms with Crippen LogP contribution in [0.15, 0.2) is 59.9 Å². The molecule has 0 radical (unpaired) electrons. The van der Waals surface area contributed by atoms with Gasteiger partial charge in [0.1, 0.15) is 0 Å². The number of allylic oxidation sites excluding steroid dienone is 1. The van der Waals surface area contributed by atoms with Crippen LogP contribution in [0.4, 0.5) is 5.69 Å². The lowest BCUT2D eigenvalue weighted by molar-refractivity contribution is 0.0746. The zero-order chi connectivity index (χ0) is 22.8. The van der Waals surface area contributed by atoms with Crippen LogP contribution in [0.3, 0.4) is 0 Å². The number of ketones is 1. The standard InChI is InChI=1S/C24H24N4O3S/c1-3-10-28-23(31)20-9-6-18(15-21(20)25-24(28)32)22(30)27-13-11-26(12-14-27)19-7-4-17(5-8-19)16(2)29/h3-9,15H,1,10-14H2,2H3,(H,25,32). The Morgan fingerprint density at radius 1 is 1.06 bits per heavy atom. The fraction of sp³-hybridized carbons (Fsp3) is 0.250. The SMILES string of the molecule is C=CCn1c(=S)[nH]c2cc(C(=O)N3CCN(c4ccc(C(C)=O)cc4)CC3)ccc2c1=O. The van der Waals surface area contributed by atoms with Crippen molar-refractivity contribution in [3.63, 3.8) is 0 Å². The molecule has 2 aromatic carbocycles. The van der Waals surface area contributed by atoms with E-state index in [1.165, 1.54) is 4.57 Å². The molecule has 8 heteroatoms. The minimum absolute atomic E-state index is 0.0439. The molecule has 1 aliphatic heterocycles. The molecule has 0 saturated carbocycles. The van der Waals surface area contributed by atoms with E-state index >= 15 is 0 Å². The molecule has 32 heavy (non-hydrogen) atoms. The van der Waals surface area contributed by atoms with E-state index in [2.05, 4.69) is 16.5 Å². The average molecular weight is 449 g/mol. The fourth-order valence-electron chi connectivity index (χ4n) is 3.94. The second kappa shape index (κ2) is 8.92. The van der Waals surface area contributed by atoms with Gasteiger partial charge in [0.05, 0.1) is 10.9 Å². The number of aromatic amines is 1. The number of amides is 1. The highest BCUT2D eigenvalue weighted by molar-refractivity contribution is 7.71. The predicted molar refractivity (Wildman–Crippen MR) is 128 cm³/mol. The van der Waals surface area contributed by atoms with Crippen LogP contribution >= 0.6 is 12.2 Å². The lowest BCUT2D eigenvalue weighted by atomic mass is 10.1. The largest absolute Gasteiger partial charge is 0.368 e. The topological polar surface area (TPSA) is 78.4 Å². The third-order valence-corrected chi connectivity index (χ3v) is 6.07. The van der Waals surface area contributed by atoms with Crippen molar-refractivity contribution in [2.75, 3.05) is 31.1 Å². The number of piperazine rings is 1. The van der Waals surface area contributed by atoms with Crippen molar-refractivity contribution in [3.8, 4) is 0 Å². The number of hydrogen-bond acceptors (Lipinski definition) is 5. The van der Waals surface area contributed by atoms with Crippen LogP contribution in [0, 0.1) is 4.77 Å². The molecule has 1 amide bonds. The molecule has 7 nitrogen and oxygen atoms in total. The molecule has 1 N–H and O–H groups in total. The molecule has 1 saturated heterocycles. The summed E-state index contributed by atoms with van der Waals surface area (Å²) < 4.78 is 1.74. The van der Waals surface area contributed by atoms with E-state index in [1.54, 1.807) is 31.2 Å². The summed E-state index contributed by atoms with van der Waals surface area (Å²) >= 11 is 5.29. The van der Waals surface area contributed by atoms with Gasteiger partial charge in [-0.25, -0.2) is 0 Å². The smallest absolute Gasteiger partial charge is 0.262 e. The first-order valence-corrected chi connectivity index (χ1v) is 10.8. The van der Waals surface area contributed by atoms with E-state index in [-0.39, 0.29) is 17.2 Å². The lowest BCUT2D eigenvalue weighted by Gasteiger charge is -2.36. The Morgan fingerprint density at radius 3 is 2.34 bits per heavy atom. The van der Waals surface area contributed by atoms with Gasteiger partial charge in [0.25, 0.3) is 11.5 Å². The second-order valence-electron chi connectivity index (χ2n) is 7.78. The maximum atomic E-state index is 13.1. The number of nitrogens with zero attached hydrogens (tertiary/aromatic N) is 3. The summed E-state index contributed by atoms with van der Waals surface area (Å²) in [5.74, 6) is -0.0320. The molecule has 1 aliphatic rings. The molecule has 4 rings (SSSR count). The molecule has 0 spiro atoms. The van der Waals surface area contributed by atoms with Crippen molar-refractivity contribution < 1.29 is 9.59 Å². The number of hydrogen-bond donors (Lipinski definition) is 1. The van der Waals surface area contributed by atoms with Crippen LogP contribution in [0.5, 0.6) is 0 Å². The number of rotatable bonds is 5. The summed E-state index contributed by atoms with van der Waals surface area (Å²) in [5, 5.41) is 0.482. The fourth-order valence-corrected chi connectivity index (χ4v) is 4.21. The molecular weight excluding hydrogens is 424 g/mol. The Labute approximate surface area is 190 Å². The third-order valence-electron chi connectivity index (χ3n) is 5.75. The number of H-pyrrole nitrogens is 1. The van der Waals surface area contributed by atoms with Crippen LogP contribution in [-0.2, 0) is 6.54 Å². The minimum atomic E-state index is -0.202. The first-order valence-electron chi connectivity index (χ1n) is 10.4. The Bertz CT molecular complexity index is 1320. The van der Waals surface area contributed by atoms with Crippen molar-refractivity contribution in [1.82, 2.24) is 14.5 Å². The number of carbonyl (C=O) groups is 2. The summed E-state index contributed by atoms with van der Waals surface area (Å²) in [6, 6.07) is 12.6. The summed E-state index contributed by atoms with van der Waals surface area (Å²) in [7, 11) is 0. The van der Waals surface area contributed by atoms with Crippen LogP contribution in [-0.4, -0.2) is 52.3 Å². The number of carbonyl (C=O) groups excluding carboxylic acids is 2. The average Bonchev–Trinajstić information content (AvgIpc) is 2.81. The van der Waals surface area contributed by atoms with Gasteiger partial charge >= 0.3 is 0 Å². The normalized spacial score (nSPS) is 13.9. The highest BCUT2D eigenvalue weighted by Gasteiger charge is 2.23. The van der Waals surface area contributed by atoms with Gasteiger partial charge in [-0.05, 0) is 61.6 Å². The number of anilines is 1. The third kappa shape index (κ3) is 4.13. The van der Waals surface area contributed by atoms with E-state index in [9.17, 15) is 14.4 Å². The quantitative estimate of drug-likeness (QED) is 0.368. The van der Waals surface area contributed by atoms with Gasteiger partial charge in [0.2, 0.25) is 0 Å². The molecule has 164 valence electrons. The lowest BCUT2D eigenvalue weighted by Crippen LogP contribution is -2.48. The predicted octanol–water partition coefficient (Wildman–Crippen LogP) is 3.41. The Kier molecular flexibility index (Phi) is 6.05. The number of Topliss-reactive ketones (excluding diaryl/α,β-unsaturated/α-hetero) is 1. The minimum Gasteiger partial charge on any atom is -0.368 e. The van der Waals surface area contributed by atoms with E-state index < -0.39 is 0 Å². The van der Waals surface area contributed by atoms with Gasteiger partial charge in [0.15, 0.2) is 10.6 Å². The Balaban J connectivity index is 1.49. The summed E-state index contributed by atoms with van der Waals surface area (Å²) in [4.78, 5) is 44.3. The number of nitrogens with one attached hydrogen (secondary N) is 1. The summed E-state index contributed by atoms with van der Waals surface area (Å²) in [6.45, 7) is 8.11. The molecule has 1 aromatic heterocycles. The number of fused-ring (bicyclic) bond motifs is 1. The Morgan fingerprint density at radius 2 is 1.72 bits per heavy atom. The molecule has 0 bridgehead atoms. The van der Waals surface area contributed by atoms with Crippen molar-refractivity contribution in [1.29, 1.82) is 0 Å². The van der Waals surface area contributed by atoms with Crippen molar-refractivity contribution >= 4 is 40.5 Å². The number of benzene rings is 2. The molecular formula is C24H24N4O3S.